The lowest BCUT2D eigenvalue weighted by atomic mass is 9.43. The van der Waals surface area contributed by atoms with Gasteiger partial charge in [0.1, 0.15) is 67.0 Å². The molecule has 7 rings (SSSR count). The number of fused-ring (bicyclic) bond motifs is 5. The summed E-state index contributed by atoms with van der Waals surface area (Å²) in [5.74, 6) is -10.3. The molecule has 1 saturated heterocycles. The van der Waals surface area contributed by atoms with Gasteiger partial charge in [0, 0.05) is 49.3 Å². The number of carbonyl (C=O) groups is 11. The third kappa shape index (κ3) is 16.7. The Morgan fingerprint density at radius 2 is 1.46 bits per heavy atom. The zero-order chi connectivity index (χ0) is 70.1. The van der Waals surface area contributed by atoms with Gasteiger partial charge in [0.2, 0.25) is 29.7 Å². The molecule has 3 fully saturated rings. The van der Waals surface area contributed by atoms with Crippen LogP contribution in [0.2, 0.25) is 0 Å². The van der Waals surface area contributed by atoms with Gasteiger partial charge < -0.3 is 79.8 Å². The number of aliphatic hydroxyl groups excluding tert-OH is 1. The number of Topliss-reactive ketones (excluding diaryl/α,β-unsaturated/α-hetero) is 2. The fraction of sp³-hybridized carbons (Fsp3) is 0.544. The van der Waals surface area contributed by atoms with Crippen molar-refractivity contribution in [2.24, 2.45) is 34.3 Å². The fourth-order valence-corrected chi connectivity index (χ4v) is 13.1. The summed E-state index contributed by atoms with van der Waals surface area (Å²) in [6.07, 6.45) is -12.2. The lowest BCUT2D eigenvalue weighted by Crippen LogP contribution is -2.80. The van der Waals surface area contributed by atoms with Crippen LogP contribution in [-0.2, 0) is 87.6 Å². The minimum atomic E-state index is -2.43. The average Bonchev–Trinajstić information content (AvgIpc) is 0.671. The molecule has 3 aliphatic carbocycles. The zero-order valence-electron chi connectivity index (χ0n) is 55.4. The van der Waals surface area contributed by atoms with E-state index in [4.69, 9.17) is 48.4 Å². The van der Waals surface area contributed by atoms with Crippen molar-refractivity contribution >= 4 is 71.0 Å². The van der Waals surface area contributed by atoms with Crippen LogP contribution in [0.25, 0.3) is 0 Å². The summed E-state index contributed by atoms with van der Waals surface area (Å²) < 4.78 is 52.2. The summed E-state index contributed by atoms with van der Waals surface area (Å²) in [6.45, 7) is 16.1. The SMILES string of the molecule is COCCOCC(=O)C[C@H](C)C(=O)N[C@H](C)C(=O)N[C@H](CC(N)=O)C(=O)Nc1ccc(COC(=O)O[C@@H](C(=O)O[C@H]2C[C@@]3(O)C(OC(=O)c4ccccc4)[C@H]4[C@](C)(C(=O)[C@H](O)C(=C2C)C3(C)C)[C@@H](C)CC2OC[C@]24OC(C)=O)[C@@H](NC(=O)OC(C)(C)C)c2ccccc2)cc1. The average molecular weight is 1330 g/mol. The van der Waals surface area contributed by atoms with E-state index in [9.17, 15) is 53.4 Å². The van der Waals surface area contributed by atoms with Gasteiger partial charge >= 0.3 is 30.2 Å². The van der Waals surface area contributed by atoms with Crippen LogP contribution >= 0.6 is 0 Å². The predicted octanol–water partition coefficient (Wildman–Crippen LogP) is 4.96. The summed E-state index contributed by atoms with van der Waals surface area (Å²) >= 11 is 0. The number of esters is 3. The number of ether oxygens (including phenoxy) is 9. The number of primary amides is 1. The summed E-state index contributed by atoms with van der Waals surface area (Å²) in [5, 5.41) is 36.7. The molecule has 0 aromatic heterocycles. The molecule has 27 heteroatoms. The molecule has 1 aliphatic heterocycles. The maximum atomic E-state index is 15.5. The summed E-state index contributed by atoms with van der Waals surface area (Å²) in [5.41, 5.74) is -2.48. The minimum Gasteiger partial charge on any atom is -0.455 e. The van der Waals surface area contributed by atoms with Crippen molar-refractivity contribution in [2.45, 2.75) is 174 Å². The van der Waals surface area contributed by atoms with Crippen molar-refractivity contribution in [3.8, 4) is 0 Å². The van der Waals surface area contributed by atoms with Gasteiger partial charge in [-0.25, -0.2) is 19.2 Å². The molecule has 1 heterocycles. The van der Waals surface area contributed by atoms with E-state index < -0.39 is 173 Å². The van der Waals surface area contributed by atoms with Crippen LogP contribution in [0, 0.1) is 28.6 Å². The molecule has 14 atom stereocenters. The fourth-order valence-electron chi connectivity index (χ4n) is 13.1. The third-order valence-electron chi connectivity index (χ3n) is 18.3. The standard InChI is InChI=1S/C68H87N5O22/c1-36(29-45(75)34-88-28-27-87-12)57(79)70-39(4)58(80)72-46(31-49(69)76)59(81)71-44-25-23-41(24-26-44)33-89-63(85)92-53(51(42-19-15-13-16-20-42)73-62(84)95-64(6,7)8)61(83)91-47-32-68(86)56(93-60(82)43-21-17-14-18-22-43)54-66(11,55(78)52(77)50(38(47)3)65(68,9)10)37(2)30-48-67(54,35-90-48)94-40(5)74/h13-26,36-37,39,46-48,51-54,56,77,86H,27-35H2,1-12H3,(H2,69,76)(H,70,79)(H,71,81)(H,72,80)(H,73,84)/t36-,37-,39+,46+,47-,48?,51-,52+,53+,54-,56?,66+,67-,68+/m0/s1. The van der Waals surface area contributed by atoms with E-state index in [1.807, 2.05) is 0 Å². The third-order valence-corrected chi connectivity index (χ3v) is 18.3. The molecule has 27 nitrogen and oxygen atoms in total. The van der Waals surface area contributed by atoms with Gasteiger partial charge in [0.15, 0.2) is 17.2 Å². The highest BCUT2D eigenvalue weighted by atomic mass is 16.7. The van der Waals surface area contributed by atoms with Crippen LogP contribution < -0.4 is 27.0 Å². The zero-order valence-corrected chi connectivity index (χ0v) is 55.4. The second-order valence-electron chi connectivity index (χ2n) is 26.4. The lowest BCUT2D eigenvalue weighted by Gasteiger charge is -2.68. The van der Waals surface area contributed by atoms with Gasteiger partial charge in [0.05, 0.1) is 37.7 Å². The Morgan fingerprint density at radius 1 is 0.821 bits per heavy atom. The number of nitrogens with two attached hydrogens (primary N) is 1. The van der Waals surface area contributed by atoms with Crippen molar-refractivity contribution in [1.29, 1.82) is 0 Å². The minimum absolute atomic E-state index is 0.0618. The molecule has 95 heavy (non-hydrogen) atoms. The van der Waals surface area contributed by atoms with Crippen molar-refractivity contribution < 1.29 is 106 Å². The maximum absolute atomic E-state index is 15.5. The van der Waals surface area contributed by atoms with E-state index >= 15 is 9.59 Å². The molecule has 3 aromatic rings. The van der Waals surface area contributed by atoms with Crippen LogP contribution in [-0.4, -0.2) is 169 Å². The van der Waals surface area contributed by atoms with E-state index in [2.05, 4.69) is 21.3 Å². The van der Waals surface area contributed by atoms with Crippen molar-refractivity contribution in [1.82, 2.24) is 16.0 Å². The predicted molar refractivity (Wildman–Crippen MR) is 336 cm³/mol. The van der Waals surface area contributed by atoms with Crippen LogP contribution in [0.5, 0.6) is 0 Å². The number of nitrogens with one attached hydrogen (secondary N) is 4. The Morgan fingerprint density at radius 3 is 2.05 bits per heavy atom. The van der Waals surface area contributed by atoms with Gasteiger partial charge in [-0.15, -0.1) is 0 Å². The number of aliphatic hydroxyl groups is 2. The van der Waals surface area contributed by atoms with Crippen LogP contribution in [0.3, 0.4) is 0 Å². The highest BCUT2D eigenvalue weighted by Gasteiger charge is 2.77. The number of ketones is 2. The van der Waals surface area contributed by atoms with Gasteiger partial charge in [-0.05, 0) is 93.5 Å². The summed E-state index contributed by atoms with van der Waals surface area (Å²) in [6, 6.07) is 17.0. The molecule has 0 radical (unpaired) electrons. The molecule has 0 spiro atoms. The molecule has 4 aliphatic rings. The molecule has 2 unspecified atom stereocenters. The van der Waals surface area contributed by atoms with E-state index in [0.29, 0.717) is 5.56 Å². The van der Waals surface area contributed by atoms with Crippen LogP contribution in [0.15, 0.2) is 96.1 Å². The molecular weight excluding hydrogens is 1240 g/mol. The Kier molecular flexibility index (Phi) is 23.6. The molecular formula is C68H87N5O22. The van der Waals surface area contributed by atoms with Crippen molar-refractivity contribution in [3.05, 3.63) is 113 Å². The van der Waals surface area contributed by atoms with Crippen molar-refractivity contribution in [2.75, 3.05) is 38.9 Å². The van der Waals surface area contributed by atoms with Crippen LogP contribution in [0.4, 0.5) is 15.3 Å². The number of carbonyl (C=O) groups excluding carboxylic acids is 11. The van der Waals surface area contributed by atoms with Crippen LogP contribution in [0.1, 0.15) is 129 Å². The van der Waals surface area contributed by atoms with Gasteiger partial charge in [-0.1, -0.05) is 95.3 Å². The topological polar surface area (TPSA) is 385 Å². The first kappa shape index (κ1) is 73.8. The molecule has 516 valence electrons. The molecule has 8 N–H and O–H groups in total. The van der Waals surface area contributed by atoms with Crippen molar-refractivity contribution in [3.63, 3.8) is 0 Å². The van der Waals surface area contributed by atoms with Gasteiger partial charge in [-0.3, -0.25) is 33.6 Å². The Bertz CT molecular complexity index is 3390. The smallest absolute Gasteiger partial charge is 0.455 e. The quantitative estimate of drug-likeness (QED) is 0.0242. The number of amides is 5. The first-order chi connectivity index (χ1) is 44.6. The second-order valence-corrected chi connectivity index (χ2v) is 26.4. The van der Waals surface area contributed by atoms with E-state index in [1.165, 1.54) is 83.3 Å². The number of hydrogen-bond acceptors (Lipinski definition) is 22. The number of alkyl carbamates (subject to hydrolysis) is 1. The highest BCUT2D eigenvalue weighted by Crippen LogP contribution is 2.65. The lowest BCUT2D eigenvalue weighted by molar-refractivity contribution is -0.340. The first-order valence-electron chi connectivity index (χ1n) is 31.3. The largest absolute Gasteiger partial charge is 0.509 e. The van der Waals surface area contributed by atoms with Gasteiger partial charge in [-0.2, -0.15) is 0 Å². The number of hydrogen-bond donors (Lipinski definition) is 7. The van der Waals surface area contributed by atoms with E-state index in [0.717, 1.165) is 0 Å². The number of anilines is 1. The number of rotatable bonds is 26. The number of benzene rings is 3. The Labute approximate surface area is 550 Å². The van der Waals surface area contributed by atoms with Gasteiger partial charge in [0.25, 0.3) is 0 Å². The first-order valence-corrected chi connectivity index (χ1v) is 31.3. The molecule has 3 aromatic carbocycles. The normalized spacial score (nSPS) is 25.8. The highest BCUT2D eigenvalue weighted by molar-refractivity contribution is 6.01. The Balaban J connectivity index is 1.15. The molecule has 2 saturated carbocycles. The van der Waals surface area contributed by atoms with E-state index in [-0.39, 0.29) is 73.0 Å². The monoisotopic (exact) mass is 1330 g/mol. The molecule has 2 bridgehead atoms. The van der Waals surface area contributed by atoms with E-state index in [1.54, 1.807) is 84.9 Å². The summed E-state index contributed by atoms with van der Waals surface area (Å²) in [7, 11) is 1.48. The summed E-state index contributed by atoms with van der Waals surface area (Å²) in [4.78, 5) is 151. The Hall–Kier alpha value is -8.63. The maximum Gasteiger partial charge on any atom is 0.509 e. The number of methoxy groups -OCH3 is 1. The molecule has 5 amide bonds. The second kappa shape index (κ2) is 30.4.